The Kier molecular flexibility index (Phi) is 5.93. The van der Waals surface area contributed by atoms with E-state index in [2.05, 4.69) is 0 Å². The molecule has 1 aliphatic heterocycles. The molecule has 1 aliphatic rings. The molecule has 2 rings (SSSR count). The molecule has 1 aromatic carbocycles. The maximum atomic E-state index is 12.5. The van der Waals surface area contributed by atoms with Crippen molar-refractivity contribution >= 4 is 17.7 Å². The Balaban J connectivity index is 1.84. The van der Waals surface area contributed by atoms with E-state index in [0.29, 0.717) is 32.5 Å². The first-order valence-electron chi connectivity index (χ1n) is 8.77. The van der Waals surface area contributed by atoms with E-state index < -0.39 is 5.60 Å². The van der Waals surface area contributed by atoms with Crippen molar-refractivity contribution in [3.05, 3.63) is 29.8 Å². The summed E-state index contributed by atoms with van der Waals surface area (Å²) in [4.78, 5) is 28.2. The number of rotatable bonds is 3. The number of nitrogen functional groups attached to an aromatic ring is 1. The zero-order valence-corrected chi connectivity index (χ0v) is 15.6. The summed E-state index contributed by atoms with van der Waals surface area (Å²) in [7, 11) is 0. The molecular formula is C19H29N3O3. The van der Waals surface area contributed by atoms with Crippen molar-refractivity contribution in [2.45, 2.75) is 52.2 Å². The van der Waals surface area contributed by atoms with Crippen LogP contribution in [0, 0.1) is 0 Å². The van der Waals surface area contributed by atoms with Gasteiger partial charge >= 0.3 is 6.09 Å². The Morgan fingerprint density at radius 2 is 1.84 bits per heavy atom. The Bertz CT molecular complexity index is 607. The highest BCUT2D eigenvalue weighted by molar-refractivity contribution is 5.77. The van der Waals surface area contributed by atoms with Gasteiger partial charge in [-0.3, -0.25) is 4.79 Å². The van der Waals surface area contributed by atoms with Crippen molar-refractivity contribution < 1.29 is 14.3 Å². The average Bonchev–Trinajstić information content (AvgIpc) is 2.52. The van der Waals surface area contributed by atoms with Gasteiger partial charge in [-0.1, -0.05) is 12.1 Å². The van der Waals surface area contributed by atoms with Gasteiger partial charge in [-0.25, -0.2) is 4.79 Å². The van der Waals surface area contributed by atoms with Gasteiger partial charge in [0.05, 0.1) is 0 Å². The highest BCUT2D eigenvalue weighted by Gasteiger charge is 2.32. The van der Waals surface area contributed by atoms with Crippen molar-refractivity contribution in [2.24, 2.45) is 0 Å². The molecule has 0 spiro atoms. The van der Waals surface area contributed by atoms with Crippen LogP contribution in [0.1, 0.15) is 39.7 Å². The number of carbonyl (C=O) groups excluding carboxylic acids is 2. The number of hydrogen-bond acceptors (Lipinski definition) is 4. The first kappa shape index (κ1) is 19.1. The number of piperazine rings is 1. The number of aryl methyl sites for hydroxylation is 1. The van der Waals surface area contributed by atoms with Gasteiger partial charge in [0.2, 0.25) is 5.91 Å². The van der Waals surface area contributed by atoms with Crippen molar-refractivity contribution in [3.63, 3.8) is 0 Å². The summed E-state index contributed by atoms with van der Waals surface area (Å²) in [5.41, 5.74) is 6.99. The number of carbonyl (C=O) groups is 2. The summed E-state index contributed by atoms with van der Waals surface area (Å²) >= 11 is 0. The predicted molar refractivity (Wildman–Crippen MR) is 98.2 cm³/mol. The van der Waals surface area contributed by atoms with Gasteiger partial charge in [-0.2, -0.15) is 0 Å². The van der Waals surface area contributed by atoms with Crippen LogP contribution in [0.4, 0.5) is 10.5 Å². The van der Waals surface area contributed by atoms with Crippen LogP contribution in [0.5, 0.6) is 0 Å². The number of anilines is 1. The monoisotopic (exact) mass is 347 g/mol. The van der Waals surface area contributed by atoms with Crippen LogP contribution >= 0.6 is 0 Å². The summed E-state index contributed by atoms with van der Waals surface area (Å²) in [6.45, 7) is 9.10. The summed E-state index contributed by atoms with van der Waals surface area (Å²) in [6.07, 6.45) is 0.844. The molecule has 1 unspecified atom stereocenters. The molecule has 1 saturated heterocycles. The van der Waals surface area contributed by atoms with E-state index in [-0.39, 0.29) is 18.0 Å². The third-order valence-corrected chi connectivity index (χ3v) is 4.22. The zero-order chi connectivity index (χ0) is 18.6. The van der Waals surface area contributed by atoms with Crippen molar-refractivity contribution in [3.8, 4) is 0 Å². The highest BCUT2D eigenvalue weighted by atomic mass is 16.6. The minimum absolute atomic E-state index is 0.0518. The molecule has 1 heterocycles. The maximum Gasteiger partial charge on any atom is 0.410 e. The first-order valence-corrected chi connectivity index (χ1v) is 8.77. The standard InChI is InChI=1S/C19H29N3O3/c1-14-13-21(11-12-22(14)18(24)25-19(2,3)4)17(23)10-7-15-5-8-16(20)9-6-15/h5-6,8-9,14H,7,10-13,20H2,1-4H3. The zero-order valence-electron chi connectivity index (χ0n) is 15.6. The van der Waals surface area contributed by atoms with Crippen LogP contribution in [0.3, 0.4) is 0 Å². The second kappa shape index (κ2) is 7.76. The van der Waals surface area contributed by atoms with E-state index in [1.54, 1.807) is 4.90 Å². The smallest absolute Gasteiger partial charge is 0.410 e. The van der Waals surface area contributed by atoms with E-state index >= 15 is 0 Å². The lowest BCUT2D eigenvalue weighted by Crippen LogP contribution is -2.56. The fourth-order valence-electron chi connectivity index (χ4n) is 2.87. The highest BCUT2D eigenvalue weighted by Crippen LogP contribution is 2.17. The van der Waals surface area contributed by atoms with Crippen LogP contribution in [-0.2, 0) is 16.0 Å². The van der Waals surface area contributed by atoms with Crippen LogP contribution in [0.25, 0.3) is 0 Å². The third kappa shape index (κ3) is 5.66. The Labute approximate surface area is 149 Å². The molecule has 0 aromatic heterocycles. The van der Waals surface area contributed by atoms with Crippen LogP contribution in [-0.4, -0.2) is 53.1 Å². The average molecular weight is 347 g/mol. The van der Waals surface area contributed by atoms with E-state index in [9.17, 15) is 9.59 Å². The Morgan fingerprint density at radius 1 is 1.20 bits per heavy atom. The summed E-state index contributed by atoms with van der Waals surface area (Å²) in [6, 6.07) is 7.55. The van der Waals surface area contributed by atoms with Crippen LogP contribution in [0.2, 0.25) is 0 Å². The Hall–Kier alpha value is -2.24. The minimum Gasteiger partial charge on any atom is -0.444 e. The summed E-state index contributed by atoms with van der Waals surface area (Å²) < 4.78 is 5.43. The fourth-order valence-corrected chi connectivity index (χ4v) is 2.87. The Morgan fingerprint density at radius 3 is 2.40 bits per heavy atom. The molecule has 6 heteroatoms. The quantitative estimate of drug-likeness (QED) is 0.853. The second-order valence-corrected chi connectivity index (χ2v) is 7.60. The van der Waals surface area contributed by atoms with E-state index in [0.717, 1.165) is 11.3 Å². The molecule has 1 fully saturated rings. The molecule has 0 aliphatic carbocycles. The van der Waals surface area contributed by atoms with Gasteiger partial charge in [0, 0.05) is 37.8 Å². The molecular weight excluding hydrogens is 318 g/mol. The summed E-state index contributed by atoms with van der Waals surface area (Å²) in [5.74, 6) is 0.118. The number of nitrogens with two attached hydrogens (primary N) is 1. The fraction of sp³-hybridized carbons (Fsp3) is 0.579. The van der Waals surface area contributed by atoms with Gasteiger partial charge in [0.15, 0.2) is 0 Å². The van der Waals surface area contributed by atoms with E-state index in [4.69, 9.17) is 10.5 Å². The topological polar surface area (TPSA) is 75.9 Å². The molecule has 0 bridgehead atoms. The van der Waals surface area contributed by atoms with E-state index in [1.165, 1.54) is 0 Å². The number of nitrogens with zero attached hydrogens (tertiary/aromatic N) is 2. The normalized spacial score (nSPS) is 18.2. The SMILES string of the molecule is CC1CN(C(=O)CCc2ccc(N)cc2)CCN1C(=O)OC(C)(C)C. The van der Waals surface area contributed by atoms with Gasteiger partial charge in [0.25, 0.3) is 0 Å². The first-order chi connectivity index (χ1) is 11.7. The number of benzene rings is 1. The minimum atomic E-state index is -0.511. The number of ether oxygens (including phenoxy) is 1. The van der Waals surface area contributed by atoms with Crippen molar-refractivity contribution in [1.82, 2.24) is 9.80 Å². The molecule has 1 aromatic rings. The molecule has 138 valence electrons. The summed E-state index contributed by atoms with van der Waals surface area (Å²) in [5, 5.41) is 0. The molecule has 6 nitrogen and oxygen atoms in total. The lowest BCUT2D eigenvalue weighted by atomic mass is 10.1. The van der Waals surface area contributed by atoms with E-state index in [1.807, 2.05) is 56.9 Å². The molecule has 2 N–H and O–H groups in total. The van der Waals surface area contributed by atoms with Crippen molar-refractivity contribution in [1.29, 1.82) is 0 Å². The lowest BCUT2D eigenvalue weighted by Gasteiger charge is -2.40. The lowest BCUT2D eigenvalue weighted by molar-refractivity contribution is -0.134. The molecule has 0 radical (unpaired) electrons. The predicted octanol–water partition coefficient (Wildman–Crippen LogP) is 2.67. The van der Waals surface area contributed by atoms with Gasteiger partial charge in [-0.05, 0) is 51.8 Å². The maximum absolute atomic E-state index is 12.5. The molecule has 1 atom stereocenters. The number of hydrogen-bond donors (Lipinski definition) is 1. The van der Waals surface area contributed by atoms with Crippen molar-refractivity contribution in [2.75, 3.05) is 25.4 Å². The van der Waals surface area contributed by atoms with Crippen LogP contribution < -0.4 is 5.73 Å². The second-order valence-electron chi connectivity index (χ2n) is 7.60. The molecule has 2 amide bonds. The van der Waals surface area contributed by atoms with Gasteiger partial charge in [0.1, 0.15) is 5.60 Å². The number of amides is 2. The third-order valence-electron chi connectivity index (χ3n) is 4.22. The molecule has 25 heavy (non-hydrogen) atoms. The van der Waals surface area contributed by atoms with Gasteiger partial charge < -0.3 is 20.3 Å². The largest absolute Gasteiger partial charge is 0.444 e. The molecule has 0 saturated carbocycles. The van der Waals surface area contributed by atoms with Gasteiger partial charge in [-0.15, -0.1) is 0 Å². The van der Waals surface area contributed by atoms with Crippen LogP contribution in [0.15, 0.2) is 24.3 Å².